The molecule has 1 rings (SSSR count). The zero-order valence-corrected chi connectivity index (χ0v) is 7.66. The number of hydrogen-bond donors (Lipinski definition) is 1. The van der Waals surface area contributed by atoms with Gasteiger partial charge in [-0.15, -0.1) is 0 Å². The van der Waals surface area contributed by atoms with E-state index in [-0.39, 0.29) is 12.0 Å². The van der Waals surface area contributed by atoms with Gasteiger partial charge in [0.1, 0.15) is 0 Å². The highest BCUT2D eigenvalue weighted by Gasteiger charge is 2.20. The molecule has 0 amide bonds. The lowest BCUT2D eigenvalue weighted by Crippen LogP contribution is -2.04. The summed E-state index contributed by atoms with van der Waals surface area (Å²) in [6, 6.07) is 5.01. The maximum absolute atomic E-state index is 12.8. The van der Waals surface area contributed by atoms with Gasteiger partial charge in [-0.3, -0.25) is 4.79 Å². The third-order valence-electron chi connectivity index (χ3n) is 1.87. The molecule has 0 spiro atoms. The normalized spacial score (nSPS) is 12.8. The van der Waals surface area contributed by atoms with Crippen molar-refractivity contribution in [2.24, 2.45) is 0 Å². The molecule has 82 valence electrons. The number of carboxylic acid groups (broad SMARTS) is 1. The fourth-order valence-electron chi connectivity index (χ4n) is 1.14. The van der Waals surface area contributed by atoms with Gasteiger partial charge in [-0.2, -0.15) is 0 Å². The van der Waals surface area contributed by atoms with Gasteiger partial charge in [0.15, 0.2) is 6.17 Å². The first-order chi connectivity index (χ1) is 7.00. The SMILES string of the molecule is O=C(O)Cc1ccc(C(F)C(F)F)cc1. The highest BCUT2D eigenvalue weighted by molar-refractivity contribution is 5.70. The molecule has 15 heavy (non-hydrogen) atoms. The molecule has 2 nitrogen and oxygen atoms in total. The fraction of sp³-hybridized carbons (Fsp3) is 0.300. The molecule has 0 aliphatic rings. The van der Waals surface area contributed by atoms with Crippen molar-refractivity contribution in [3.8, 4) is 0 Å². The van der Waals surface area contributed by atoms with E-state index in [2.05, 4.69) is 0 Å². The monoisotopic (exact) mass is 218 g/mol. The predicted octanol–water partition coefficient (Wildman–Crippen LogP) is 2.59. The summed E-state index contributed by atoms with van der Waals surface area (Å²) in [6.07, 6.45) is -5.58. The minimum atomic E-state index is -3.06. The van der Waals surface area contributed by atoms with E-state index in [0.29, 0.717) is 5.56 Å². The van der Waals surface area contributed by atoms with Crippen LogP contribution in [-0.4, -0.2) is 17.5 Å². The summed E-state index contributed by atoms with van der Waals surface area (Å²) in [4.78, 5) is 10.3. The highest BCUT2D eigenvalue weighted by atomic mass is 19.3. The van der Waals surface area contributed by atoms with E-state index < -0.39 is 18.6 Å². The molecule has 1 unspecified atom stereocenters. The van der Waals surface area contributed by atoms with E-state index in [0.717, 1.165) is 0 Å². The number of carboxylic acids is 1. The smallest absolute Gasteiger partial charge is 0.307 e. The Bertz CT molecular complexity index is 335. The number of halogens is 3. The molecule has 1 atom stereocenters. The third kappa shape index (κ3) is 3.27. The summed E-state index contributed by atoms with van der Waals surface area (Å²) in [5.74, 6) is -1.02. The van der Waals surface area contributed by atoms with Crippen LogP contribution in [0.4, 0.5) is 13.2 Å². The number of carbonyl (C=O) groups is 1. The lowest BCUT2D eigenvalue weighted by Gasteiger charge is -2.07. The van der Waals surface area contributed by atoms with Gasteiger partial charge in [0.25, 0.3) is 6.43 Å². The minimum absolute atomic E-state index is 0.140. The first-order valence-corrected chi connectivity index (χ1v) is 4.23. The van der Waals surface area contributed by atoms with Crippen LogP contribution in [0.5, 0.6) is 0 Å². The molecule has 5 heteroatoms. The lowest BCUT2D eigenvalue weighted by atomic mass is 10.1. The average Bonchev–Trinajstić information content (AvgIpc) is 2.17. The van der Waals surface area contributed by atoms with E-state index in [1.165, 1.54) is 24.3 Å². The molecule has 1 N–H and O–H groups in total. The molecule has 0 aliphatic carbocycles. The van der Waals surface area contributed by atoms with Gasteiger partial charge >= 0.3 is 5.97 Å². The van der Waals surface area contributed by atoms with Crippen LogP contribution in [0.3, 0.4) is 0 Å². The van der Waals surface area contributed by atoms with E-state index >= 15 is 0 Å². The molecule has 1 aromatic carbocycles. The molecule has 0 fully saturated rings. The van der Waals surface area contributed by atoms with E-state index in [1.807, 2.05) is 0 Å². The first-order valence-electron chi connectivity index (χ1n) is 4.23. The Morgan fingerprint density at radius 2 is 1.73 bits per heavy atom. The van der Waals surface area contributed by atoms with Crippen molar-refractivity contribution in [2.45, 2.75) is 19.0 Å². The number of alkyl halides is 3. The van der Waals surface area contributed by atoms with Gasteiger partial charge in [-0.1, -0.05) is 24.3 Å². The molecule has 0 aliphatic heterocycles. The Morgan fingerprint density at radius 3 is 2.13 bits per heavy atom. The van der Waals surface area contributed by atoms with Crippen LogP contribution in [0.2, 0.25) is 0 Å². The Morgan fingerprint density at radius 1 is 1.20 bits per heavy atom. The number of rotatable bonds is 4. The van der Waals surface area contributed by atoms with Crippen molar-refractivity contribution in [1.29, 1.82) is 0 Å². The van der Waals surface area contributed by atoms with Crippen molar-refractivity contribution in [3.05, 3.63) is 35.4 Å². The van der Waals surface area contributed by atoms with Gasteiger partial charge in [0, 0.05) is 0 Å². The molecule has 0 bridgehead atoms. The van der Waals surface area contributed by atoms with Crippen molar-refractivity contribution in [1.82, 2.24) is 0 Å². The molecular weight excluding hydrogens is 209 g/mol. The molecule has 0 aromatic heterocycles. The molecule has 0 saturated carbocycles. The molecule has 0 heterocycles. The Balaban J connectivity index is 2.76. The standard InChI is InChI=1S/C10H9F3O2/c11-9(10(12)13)7-3-1-6(2-4-7)5-8(14)15/h1-4,9-10H,5H2,(H,14,15). The second-order valence-electron chi connectivity index (χ2n) is 3.05. The summed E-state index contributed by atoms with van der Waals surface area (Å²) < 4.78 is 36.7. The number of benzene rings is 1. The van der Waals surface area contributed by atoms with Crippen LogP contribution in [0, 0.1) is 0 Å². The van der Waals surface area contributed by atoms with Gasteiger partial charge in [-0.25, -0.2) is 13.2 Å². The Labute approximate surface area is 84.3 Å². The van der Waals surface area contributed by atoms with Crippen molar-refractivity contribution in [3.63, 3.8) is 0 Å². The zero-order chi connectivity index (χ0) is 11.4. The van der Waals surface area contributed by atoms with Crippen molar-refractivity contribution >= 4 is 5.97 Å². The summed E-state index contributed by atoms with van der Waals surface area (Å²) in [5.41, 5.74) is 0.312. The Hall–Kier alpha value is -1.52. The topological polar surface area (TPSA) is 37.3 Å². The summed E-state index contributed by atoms with van der Waals surface area (Å²) in [5, 5.41) is 8.44. The van der Waals surface area contributed by atoms with Crippen LogP contribution < -0.4 is 0 Å². The van der Waals surface area contributed by atoms with Gasteiger partial charge in [0.2, 0.25) is 0 Å². The molecule has 0 saturated heterocycles. The highest BCUT2D eigenvalue weighted by Crippen LogP contribution is 2.24. The summed E-state index contributed by atoms with van der Waals surface area (Å²) >= 11 is 0. The summed E-state index contributed by atoms with van der Waals surface area (Å²) in [6.45, 7) is 0. The minimum Gasteiger partial charge on any atom is -0.481 e. The largest absolute Gasteiger partial charge is 0.481 e. The number of aliphatic carboxylic acids is 1. The third-order valence-corrected chi connectivity index (χ3v) is 1.87. The zero-order valence-electron chi connectivity index (χ0n) is 7.66. The van der Waals surface area contributed by atoms with Crippen LogP contribution in [0.1, 0.15) is 17.3 Å². The number of hydrogen-bond acceptors (Lipinski definition) is 1. The molecule has 1 aromatic rings. The summed E-state index contributed by atoms with van der Waals surface area (Å²) in [7, 11) is 0. The fourth-order valence-corrected chi connectivity index (χ4v) is 1.14. The lowest BCUT2D eigenvalue weighted by molar-refractivity contribution is -0.136. The van der Waals surface area contributed by atoms with Crippen molar-refractivity contribution < 1.29 is 23.1 Å². The predicted molar refractivity (Wildman–Crippen MR) is 47.6 cm³/mol. The first kappa shape index (κ1) is 11.6. The van der Waals surface area contributed by atoms with Gasteiger partial charge < -0.3 is 5.11 Å². The van der Waals surface area contributed by atoms with Crippen LogP contribution in [0.15, 0.2) is 24.3 Å². The van der Waals surface area contributed by atoms with E-state index in [4.69, 9.17) is 5.11 Å². The Kier molecular flexibility index (Phi) is 3.71. The quantitative estimate of drug-likeness (QED) is 0.843. The van der Waals surface area contributed by atoms with E-state index in [9.17, 15) is 18.0 Å². The van der Waals surface area contributed by atoms with Crippen LogP contribution in [0.25, 0.3) is 0 Å². The maximum atomic E-state index is 12.8. The van der Waals surface area contributed by atoms with Crippen LogP contribution >= 0.6 is 0 Å². The van der Waals surface area contributed by atoms with Crippen molar-refractivity contribution in [2.75, 3.05) is 0 Å². The van der Waals surface area contributed by atoms with E-state index in [1.54, 1.807) is 0 Å². The molecular formula is C10H9F3O2. The second kappa shape index (κ2) is 4.82. The molecule has 0 radical (unpaired) electrons. The van der Waals surface area contributed by atoms with Crippen LogP contribution in [-0.2, 0) is 11.2 Å². The van der Waals surface area contributed by atoms with Gasteiger partial charge in [-0.05, 0) is 11.1 Å². The second-order valence-corrected chi connectivity index (χ2v) is 3.05. The van der Waals surface area contributed by atoms with Gasteiger partial charge in [0.05, 0.1) is 6.42 Å². The average molecular weight is 218 g/mol. The maximum Gasteiger partial charge on any atom is 0.307 e.